The molecule has 4 rings (SSSR count). The van der Waals surface area contributed by atoms with E-state index in [0.29, 0.717) is 22.1 Å². The molecular formula is C21H23ClN4O. The van der Waals surface area contributed by atoms with Crippen LogP contribution in [-0.2, 0) is 0 Å². The van der Waals surface area contributed by atoms with Crippen molar-refractivity contribution in [2.75, 3.05) is 23.3 Å². The second-order valence-electron chi connectivity index (χ2n) is 7.29. The van der Waals surface area contributed by atoms with E-state index in [-0.39, 0.29) is 5.91 Å². The molecule has 6 heteroatoms. The lowest BCUT2D eigenvalue weighted by atomic mass is 9.99. The number of nitrogens with one attached hydrogen (secondary N) is 1. The molecule has 1 aliphatic rings. The number of benzene rings is 1. The van der Waals surface area contributed by atoms with E-state index in [2.05, 4.69) is 34.3 Å². The molecule has 3 heterocycles. The van der Waals surface area contributed by atoms with Crippen LogP contribution in [0.2, 0.25) is 5.02 Å². The highest BCUT2D eigenvalue weighted by molar-refractivity contribution is 6.30. The van der Waals surface area contributed by atoms with Gasteiger partial charge in [0.1, 0.15) is 11.3 Å². The number of aromatic nitrogens is 2. The summed E-state index contributed by atoms with van der Waals surface area (Å²) in [5, 5.41) is 3.58. The zero-order valence-electron chi connectivity index (χ0n) is 15.6. The number of fused-ring (bicyclic) bond motifs is 1. The molecule has 140 valence electrons. The first-order valence-electron chi connectivity index (χ1n) is 9.32. The number of nitrogens with zero attached hydrogens (tertiary/aromatic N) is 3. The van der Waals surface area contributed by atoms with Crippen LogP contribution in [0.25, 0.3) is 5.65 Å². The van der Waals surface area contributed by atoms with Gasteiger partial charge in [-0.1, -0.05) is 18.5 Å². The third-order valence-corrected chi connectivity index (χ3v) is 5.49. The van der Waals surface area contributed by atoms with Crippen LogP contribution in [0.15, 0.2) is 42.6 Å². The number of anilines is 2. The molecular weight excluding hydrogens is 360 g/mol. The Hall–Kier alpha value is -2.53. The lowest BCUT2D eigenvalue weighted by Gasteiger charge is -2.32. The van der Waals surface area contributed by atoms with Crippen LogP contribution in [0.4, 0.5) is 11.4 Å². The number of carbonyl (C=O) groups excluding carboxylic acids is 1. The average molecular weight is 383 g/mol. The average Bonchev–Trinajstić information content (AvgIpc) is 2.98. The number of halogens is 1. The summed E-state index contributed by atoms with van der Waals surface area (Å²) in [5.74, 6) is 0.630. The topological polar surface area (TPSA) is 49.6 Å². The number of aryl methyl sites for hydroxylation is 1. The van der Waals surface area contributed by atoms with Gasteiger partial charge in [-0.15, -0.1) is 0 Å². The maximum atomic E-state index is 12.8. The Morgan fingerprint density at radius 3 is 2.59 bits per heavy atom. The van der Waals surface area contributed by atoms with Crippen LogP contribution in [-0.4, -0.2) is 28.4 Å². The minimum Gasteiger partial charge on any atom is -0.372 e. The van der Waals surface area contributed by atoms with E-state index in [1.807, 2.05) is 19.1 Å². The molecule has 0 saturated carbocycles. The zero-order chi connectivity index (χ0) is 19.0. The second kappa shape index (κ2) is 7.24. The lowest BCUT2D eigenvalue weighted by molar-refractivity contribution is 0.102. The van der Waals surface area contributed by atoms with E-state index in [1.165, 1.54) is 18.5 Å². The van der Waals surface area contributed by atoms with Crippen LogP contribution in [0.5, 0.6) is 0 Å². The van der Waals surface area contributed by atoms with Gasteiger partial charge in [-0.05, 0) is 56.0 Å². The van der Waals surface area contributed by atoms with Crippen LogP contribution in [0.3, 0.4) is 0 Å². The third kappa shape index (κ3) is 3.65. The number of hydrogen-bond donors (Lipinski definition) is 1. The van der Waals surface area contributed by atoms with Gasteiger partial charge in [0.25, 0.3) is 5.91 Å². The minimum absolute atomic E-state index is 0.179. The fraction of sp³-hybridized carbons (Fsp3) is 0.333. The van der Waals surface area contributed by atoms with Crippen molar-refractivity contribution in [3.05, 3.63) is 59.0 Å². The van der Waals surface area contributed by atoms with Crippen molar-refractivity contribution in [3.8, 4) is 0 Å². The number of imidazole rings is 1. The van der Waals surface area contributed by atoms with Gasteiger partial charge in [0.15, 0.2) is 0 Å². The van der Waals surface area contributed by atoms with E-state index >= 15 is 0 Å². The Labute approximate surface area is 164 Å². The van der Waals surface area contributed by atoms with Crippen molar-refractivity contribution < 1.29 is 4.79 Å². The molecule has 0 atom stereocenters. The smallest absolute Gasteiger partial charge is 0.274 e. The quantitative estimate of drug-likeness (QED) is 0.708. The fourth-order valence-corrected chi connectivity index (χ4v) is 3.78. The number of rotatable bonds is 3. The summed E-state index contributed by atoms with van der Waals surface area (Å²) in [5.41, 5.74) is 3.85. The molecule has 0 unspecified atom stereocenters. The first-order valence-corrected chi connectivity index (χ1v) is 9.69. The molecule has 0 aliphatic carbocycles. The molecule has 1 aliphatic heterocycles. The molecule has 1 fully saturated rings. The third-order valence-electron chi connectivity index (χ3n) is 5.25. The van der Waals surface area contributed by atoms with Crippen molar-refractivity contribution in [2.45, 2.75) is 26.7 Å². The van der Waals surface area contributed by atoms with Crippen LogP contribution in [0, 0.1) is 12.8 Å². The summed E-state index contributed by atoms with van der Waals surface area (Å²) < 4.78 is 1.76. The van der Waals surface area contributed by atoms with Gasteiger partial charge < -0.3 is 10.2 Å². The first kappa shape index (κ1) is 17.9. The van der Waals surface area contributed by atoms with E-state index in [9.17, 15) is 4.79 Å². The van der Waals surface area contributed by atoms with Crippen molar-refractivity contribution in [1.29, 1.82) is 0 Å². The molecule has 1 saturated heterocycles. The maximum Gasteiger partial charge on any atom is 0.274 e. The van der Waals surface area contributed by atoms with Gasteiger partial charge in [0, 0.05) is 41.8 Å². The summed E-state index contributed by atoms with van der Waals surface area (Å²) >= 11 is 6.02. The summed E-state index contributed by atoms with van der Waals surface area (Å²) in [6.07, 6.45) is 4.24. The number of amides is 1. The standard InChI is InChI=1S/C21H23ClN4O/c1-14-7-10-25(11-8-14)18-5-3-17(4-6-18)24-21(27)20-15(2)23-19-13-16(22)9-12-26(19)20/h3-6,9,12-14H,7-8,10-11H2,1-2H3,(H,24,27). The van der Waals surface area contributed by atoms with Crippen molar-refractivity contribution in [2.24, 2.45) is 5.92 Å². The summed E-state index contributed by atoms with van der Waals surface area (Å²) in [6, 6.07) is 11.6. The van der Waals surface area contributed by atoms with Gasteiger partial charge in [-0.2, -0.15) is 0 Å². The molecule has 1 aromatic carbocycles. The molecule has 1 N–H and O–H groups in total. The number of hydrogen-bond acceptors (Lipinski definition) is 3. The van der Waals surface area contributed by atoms with Gasteiger partial charge in [-0.25, -0.2) is 4.98 Å². The zero-order valence-corrected chi connectivity index (χ0v) is 16.3. The lowest BCUT2D eigenvalue weighted by Crippen LogP contribution is -2.32. The van der Waals surface area contributed by atoms with E-state index in [0.717, 1.165) is 24.7 Å². The Bertz CT molecular complexity index is 972. The van der Waals surface area contributed by atoms with Crippen LogP contribution < -0.4 is 10.2 Å². The predicted octanol–water partition coefficient (Wildman–Crippen LogP) is 4.78. The monoisotopic (exact) mass is 382 g/mol. The van der Waals surface area contributed by atoms with E-state index in [1.54, 1.807) is 22.7 Å². The van der Waals surface area contributed by atoms with E-state index < -0.39 is 0 Å². The van der Waals surface area contributed by atoms with Gasteiger partial charge >= 0.3 is 0 Å². The minimum atomic E-state index is -0.179. The SMILES string of the molecule is Cc1nc2cc(Cl)ccn2c1C(=O)Nc1ccc(N2CCC(C)CC2)cc1. The second-order valence-corrected chi connectivity index (χ2v) is 7.73. The Kier molecular flexibility index (Phi) is 4.79. The van der Waals surface area contributed by atoms with E-state index in [4.69, 9.17) is 11.6 Å². The summed E-state index contributed by atoms with van der Waals surface area (Å²) in [6.45, 7) is 6.33. The van der Waals surface area contributed by atoms with Gasteiger partial charge in [0.2, 0.25) is 0 Å². The Balaban J connectivity index is 1.51. The number of piperidine rings is 1. The number of carbonyl (C=O) groups is 1. The van der Waals surface area contributed by atoms with Crippen molar-refractivity contribution in [1.82, 2.24) is 9.38 Å². The van der Waals surface area contributed by atoms with Crippen LogP contribution >= 0.6 is 11.6 Å². The highest BCUT2D eigenvalue weighted by atomic mass is 35.5. The number of pyridine rings is 1. The molecule has 2 aromatic heterocycles. The first-order chi connectivity index (χ1) is 13.0. The van der Waals surface area contributed by atoms with Crippen molar-refractivity contribution >= 4 is 34.5 Å². The highest BCUT2D eigenvalue weighted by Crippen LogP contribution is 2.25. The molecule has 27 heavy (non-hydrogen) atoms. The summed E-state index contributed by atoms with van der Waals surface area (Å²) in [4.78, 5) is 19.6. The van der Waals surface area contributed by atoms with Crippen LogP contribution in [0.1, 0.15) is 35.9 Å². The molecule has 1 amide bonds. The van der Waals surface area contributed by atoms with Gasteiger partial charge in [-0.3, -0.25) is 9.20 Å². The molecule has 0 bridgehead atoms. The molecule has 0 radical (unpaired) electrons. The molecule has 5 nitrogen and oxygen atoms in total. The summed E-state index contributed by atoms with van der Waals surface area (Å²) in [7, 11) is 0. The molecule has 3 aromatic rings. The predicted molar refractivity (Wildman–Crippen MR) is 110 cm³/mol. The fourth-order valence-electron chi connectivity index (χ4n) is 3.62. The Morgan fingerprint density at radius 2 is 1.89 bits per heavy atom. The normalized spacial score (nSPS) is 15.3. The Morgan fingerprint density at radius 1 is 1.19 bits per heavy atom. The highest BCUT2D eigenvalue weighted by Gasteiger charge is 2.18. The van der Waals surface area contributed by atoms with Crippen molar-refractivity contribution in [3.63, 3.8) is 0 Å². The largest absolute Gasteiger partial charge is 0.372 e. The maximum absolute atomic E-state index is 12.8. The van der Waals surface area contributed by atoms with Gasteiger partial charge in [0.05, 0.1) is 5.69 Å². The molecule has 0 spiro atoms.